The van der Waals surface area contributed by atoms with Crippen LogP contribution in [0.1, 0.15) is 164 Å². The van der Waals surface area contributed by atoms with Crippen molar-refractivity contribution in [3.8, 4) is 0 Å². The Balaban J connectivity index is 0.000000287. The Kier molecular flexibility index (Phi) is 38.0. The largest absolute Gasteiger partial charge is 0.379 e. The lowest BCUT2D eigenvalue weighted by atomic mass is 9.93. The van der Waals surface area contributed by atoms with Crippen molar-refractivity contribution < 1.29 is 64.7 Å². The zero-order valence-corrected chi connectivity index (χ0v) is 60.3. The molecule has 5 aliphatic rings. The van der Waals surface area contributed by atoms with E-state index in [-0.39, 0.29) is 63.8 Å². The van der Waals surface area contributed by atoms with Gasteiger partial charge in [-0.25, -0.2) is 31.1 Å². The third-order valence-corrected chi connectivity index (χ3v) is 19.1. The first-order valence-electron chi connectivity index (χ1n) is 32.9. The number of aryl methyl sites for hydroxylation is 6. The van der Waals surface area contributed by atoms with Crippen LogP contribution in [0.5, 0.6) is 0 Å². The highest BCUT2D eigenvalue weighted by Crippen LogP contribution is 2.47. The number of nitrogens with one attached hydrogen (secondary N) is 1. The van der Waals surface area contributed by atoms with Gasteiger partial charge < -0.3 is 38.5 Å². The number of H-pyrrole nitrogens is 1. The van der Waals surface area contributed by atoms with Gasteiger partial charge in [0.15, 0.2) is 15.6 Å². The van der Waals surface area contributed by atoms with Gasteiger partial charge in [-0.15, -0.1) is 0 Å². The summed E-state index contributed by atoms with van der Waals surface area (Å²) in [7, 11) is -3.93. The second kappa shape index (κ2) is 43.9. The Bertz CT molecular complexity index is 3410. The number of morpholine rings is 2. The first kappa shape index (κ1) is 83.1. The number of piperidine rings is 1. The lowest BCUT2D eigenvalue weighted by Gasteiger charge is -2.29. The van der Waals surface area contributed by atoms with Gasteiger partial charge in [-0.1, -0.05) is 6.07 Å². The predicted molar refractivity (Wildman–Crippen MR) is 369 cm³/mol. The molecule has 10 rings (SSSR count). The topological polar surface area (TPSA) is 323 Å². The quantitative estimate of drug-likeness (QED) is 0.0692. The first-order valence-corrected chi connectivity index (χ1v) is 36.6. The number of rotatable bonds is 21. The number of sulfonamides is 1. The van der Waals surface area contributed by atoms with Crippen LogP contribution in [0.15, 0.2) is 73.8 Å². The molecule has 9 heterocycles. The highest BCUT2D eigenvalue weighted by Gasteiger charge is 2.42. The van der Waals surface area contributed by atoms with Crippen LogP contribution in [0.4, 0.5) is 5.82 Å². The molecule has 96 heavy (non-hydrogen) atoms. The lowest BCUT2D eigenvalue weighted by molar-refractivity contribution is -0.119. The molecule has 1 N–H and O–H groups in total. The fraction of sp³-hybridized carbons (Fsp3) is 0.609. The summed E-state index contributed by atoms with van der Waals surface area (Å²) in [6.07, 6.45) is 22.0. The number of hydrogen-bond acceptors (Lipinski definition) is 21. The average molecular weight is 1380 g/mol. The van der Waals surface area contributed by atoms with E-state index in [1.165, 1.54) is 23.0 Å². The number of aromatic nitrogens is 8. The molecule has 27 heteroatoms. The molecular weight excluding hydrogens is 1270 g/mol. The molecule has 1 saturated carbocycles. The SMILES string of the molecule is CC(=O)CC1CCN(S(C)(=O)=O)CC1.CC(=O)CC1CCS(=O)(=O)C1.CC(=O)CCN1CCOCC1.CC(=O)CCc1cccnc1.CC(=O)CCc1cnc[nH]1.CC(=O)CCn1nc(C)cc1C.CC(=O)[C@@H]1C[C@@H]1c1cnn(C)c1.CC(=O)c1ccc(N2CCOCC2)nc1. The summed E-state index contributed by atoms with van der Waals surface area (Å²) >= 11 is 0. The number of hydrogen-bond donors (Lipinski definition) is 1. The van der Waals surface area contributed by atoms with E-state index in [0.717, 1.165) is 120 Å². The monoisotopic (exact) mass is 1380 g/mol. The van der Waals surface area contributed by atoms with Gasteiger partial charge in [0.1, 0.15) is 46.3 Å². The van der Waals surface area contributed by atoms with Crippen LogP contribution in [0.25, 0.3) is 0 Å². The van der Waals surface area contributed by atoms with Gasteiger partial charge in [-0.05, 0) is 161 Å². The van der Waals surface area contributed by atoms with Crippen LogP contribution in [-0.2, 0) is 89.3 Å². The number of nitrogens with zero attached hydrogens (tertiary/aromatic N) is 10. The third-order valence-electron chi connectivity index (χ3n) is 15.9. The summed E-state index contributed by atoms with van der Waals surface area (Å²) in [6, 6.07) is 9.59. The molecule has 4 aliphatic heterocycles. The van der Waals surface area contributed by atoms with Crippen molar-refractivity contribution in [2.24, 2.45) is 24.8 Å². The van der Waals surface area contributed by atoms with Gasteiger partial charge >= 0.3 is 0 Å². The molecule has 25 nitrogen and oxygen atoms in total. The van der Waals surface area contributed by atoms with Crippen molar-refractivity contribution in [2.45, 2.75) is 159 Å². The van der Waals surface area contributed by atoms with Crippen molar-refractivity contribution in [1.29, 1.82) is 0 Å². The standard InChI is InChI=1S/C11H14N2O2.C9H12N2O.C9H14N2O.C9H17NO3S.C9H11NO.C8H15NO2.C7H10N2O.C7H12O3S/c1-9(14)10-2-3-11(12-8-10)13-4-6-15-7-5-13;1-6(12)8-3-9(8)7-4-10-11(2)5-7;1-7-6-8(2)11(10-7)5-4-9(3)12;1-8(11)7-9-3-5-10(6-4-9)14(2,12)13;1-8(11)4-5-9-3-2-6-10-7-9;1-8(10)2-3-9-4-6-11-7-5-9;1-6(10)2-3-7-4-8-5-9-7;1-6(8)4-7-2-3-11(9,10)5-7/h2-3,8H,4-7H2,1H3;4-5,8-9H,3H2,1-2H3;6H,4-5H2,1-3H3;9H,3-7H2,1-2H3;2-3,6-7H,4-5H2,1H3;2-7H2,1H3;4-5H,2-3H2,1H3,(H,8,9);7H,2-5H2,1H3/t;8-,9+;;;;;;/m.0....../s1. The number of imidazole rings is 1. The van der Waals surface area contributed by atoms with E-state index in [1.54, 1.807) is 84.3 Å². The first-order chi connectivity index (χ1) is 45.3. The third kappa shape index (κ3) is 36.8. The number of Topliss-reactive ketones (excluding diaryl/α,β-unsaturated/α-hetero) is 8. The fourth-order valence-corrected chi connectivity index (χ4v) is 13.1. The van der Waals surface area contributed by atoms with Crippen LogP contribution in [-0.4, -0.2) is 202 Å². The molecule has 1 aliphatic carbocycles. The number of anilines is 1. The molecule has 5 fully saturated rings. The number of ether oxygens (including phenoxy) is 2. The molecule has 3 atom stereocenters. The number of ketones is 8. The molecule has 0 spiro atoms. The van der Waals surface area contributed by atoms with Crippen LogP contribution in [0, 0.1) is 31.6 Å². The molecule has 5 aromatic rings. The van der Waals surface area contributed by atoms with Crippen molar-refractivity contribution >= 4 is 71.9 Å². The van der Waals surface area contributed by atoms with E-state index < -0.39 is 19.9 Å². The Morgan fingerprint density at radius 3 is 1.71 bits per heavy atom. The zero-order chi connectivity index (χ0) is 71.4. The Morgan fingerprint density at radius 2 is 1.26 bits per heavy atom. The fourth-order valence-electron chi connectivity index (χ4n) is 10.4. The Labute approximate surface area is 568 Å². The van der Waals surface area contributed by atoms with Crippen LogP contribution in [0.2, 0.25) is 0 Å². The van der Waals surface area contributed by atoms with Gasteiger partial charge in [0.05, 0.1) is 62.4 Å². The minimum Gasteiger partial charge on any atom is -0.379 e. The van der Waals surface area contributed by atoms with Crippen molar-refractivity contribution in [3.63, 3.8) is 0 Å². The maximum atomic E-state index is 11.2. The van der Waals surface area contributed by atoms with Gasteiger partial charge in [0, 0.05) is 152 Å². The molecule has 0 radical (unpaired) electrons. The minimum absolute atomic E-state index is 0.0519. The molecule has 0 bridgehead atoms. The predicted octanol–water partition coefficient (Wildman–Crippen LogP) is 7.58. The maximum Gasteiger partial charge on any atom is 0.211 e. The minimum atomic E-state index is -3.03. The summed E-state index contributed by atoms with van der Waals surface area (Å²) in [5, 5.41) is 8.32. The van der Waals surface area contributed by atoms with E-state index in [0.29, 0.717) is 87.8 Å². The number of aromatic amines is 1. The Morgan fingerprint density at radius 1 is 0.667 bits per heavy atom. The molecule has 4 saturated heterocycles. The van der Waals surface area contributed by atoms with E-state index in [1.807, 2.05) is 68.3 Å². The second-order valence-electron chi connectivity index (χ2n) is 25.1. The molecule has 0 aromatic carbocycles. The van der Waals surface area contributed by atoms with E-state index >= 15 is 0 Å². The molecule has 1 unspecified atom stereocenters. The number of sulfone groups is 1. The molecular formula is C69H105N11O14S2. The van der Waals surface area contributed by atoms with Crippen molar-refractivity contribution in [3.05, 3.63) is 108 Å². The number of carbonyl (C=O) groups excluding carboxylic acids is 8. The number of pyridine rings is 2. The van der Waals surface area contributed by atoms with Gasteiger partial charge in [0.25, 0.3) is 0 Å². The summed E-state index contributed by atoms with van der Waals surface area (Å²) in [6.45, 7) is 26.3. The van der Waals surface area contributed by atoms with E-state index in [9.17, 15) is 55.2 Å². The van der Waals surface area contributed by atoms with Crippen LogP contribution >= 0.6 is 0 Å². The smallest absolute Gasteiger partial charge is 0.211 e. The second-order valence-corrected chi connectivity index (χ2v) is 29.3. The van der Waals surface area contributed by atoms with Crippen LogP contribution in [0.3, 0.4) is 0 Å². The highest BCUT2D eigenvalue weighted by atomic mass is 32.2. The van der Waals surface area contributed by atoms with Crippen molar-refractivity contribution in [1.82, 2.24) is 48.7 Å². The van der Waals surface area contributed by atoms with E-state index in [2.05, 4.69) is 39.9 Å². The summed E-state index contributed by atoms with van der Waals surface area (Å²) in [4.78, 5) is 105. The van der Waals surface area contributed by atoms with Crippen LogP contribution < -0.4 is 4.90 Å². The summed E-state index contributed by atoms with van der Waals surface area (Å²) in [5.74, 6) is 4.19. The normalized spacial score (nSPS) is 18.0. The molecule has 0 amide bonds. The van der Waals surface area contributed by atoms with Gasteiger partial charge in [-0.2, -0.15) is 10.2 Å². The van der Waals surface area contributed by atoms with E-state index in [4.69, 9.17) is 9.47 Å². The number of carbonyl (C=O) groups is 8. The van der Waals surface area contributed by atoms with Gasteiger partial charge in [0.2, 0.25) is 10.0 Å². The summed E-state index contributed by atoms with van der Waals surface area (Å²) < 4.78 is 59.8. The average Bonchev–Trinajstić information content (AvgIpc) is 1.71. The zero-order valence-electron chi connectivity index (χ0n) is 58.6. The maximum absolute atomic E-state index is 11.2. The summed E-state index contributed by atoms with van der Waals surface area (Å²) in [5.41, 5.74) is 6.15. The lowest BCUT2D eigenvalue weighted by Crippen LogP contribution is -2.38. The van der Waals surface area contributed by atoms with Crippen molar-refractivity contribution in [2.75, 3.05) is 94.9 Å². The Hall–Kier alpha value is -7.17. The van der Waals surface area contributed by atoms with Gasteiger partial charge in [-0.3, -0.25) is 38.4 Å². The molecule has 5 aromatic heterocycles. The molecule has 532 valence electrons. The highest BCUT2D eigenvalue weighted by molar-refractivity contribution is 7.91.